The highest BCUT2D eigenvalue weighted by Crippen LogP contribution is 2.22. The maximum atomic E-state index is 12.6. The van der Waals surface area contributed by atoms with Crippen molar-refractivity contribution in [1.29, 1.82) is 0 Å². The summed E-state index contributed by atoms with van der Waals surface area (Å²) in [6.45, 7) is 4.51. The first-order chi connectivity index (χ1) is 21.9. The molecule has 0 aromatic carbocycles. The van der Waals surface area contributed by atoms with E-state index in [1.807, 2.05) is 0 Å². The van der Waals surface area contributed by atoms with Crippen LogP contribution in [0.25, 0.3) is 0 Å². The predicted molar refractivity (Wildman–Crippen MR) is 178 cm³/mol. The summed E-state index contributed by atoms with van der Waals surface area (Å²) < 4.78 is 22.6. The van der Waals surface area contributed by atoms with Crippen molar-refractivity contribution in [2.24, 2.45) is 0 Å². The average molecular weight is 645 g/mol. The van der Waals surface area contributed by atoms with Crippen LogP contribution in [0.5, 0.6) is 0 Å². The van der Waals surface area contributed by atoms with E-state index in [4.69, 9.17) is 18.9 Å². The van der Waals surface area contributed by atoms with Crippen LogP contribution in [0.15, 0.2) is 12.2 Å². The SMILES string of the molecule is CCCCCC/C=C\CCCCCCCC(=O)OC(COCCCCCCCCCCC)COC1OC(CO)C(O)C(O)C1O. The molecule has 0 saturated carbocycles. The van der Waals surface area contributed by atoms with E-state index in [0.29, 0.717) is 13.0 Å². The van der Waals surface area contributed by atoms with E-state index in [9.17, 15) is 25.2 Å². The zero-order valence-electron chi connectivity index (χ0n) is 28.6. The van der Waals surface area contributed by atoms with Crippen molar-refractivity contribution in [2.45, 2.75) is 185 Å². The van der Waals surface area contributed by atoms with Gasteiger partial charge in [0.25, 0.3) is 0 Å². The standard InChI is InChI=1S/C36H68O9/c1-3-5-7-9-11-13-14-15-16-17-19-21-23-25-32(38)44-30(28-42-26-24-22-20-18-12-10-8-6-4-2)29-43-36-35(41)34(40)33(39)31(27-37)45-36/h13-14,30-31,33-37,39-41H,3-12,15-29H2,1-2H3/b14-13-. The third-order valence-electron chi connectivity index (χ3n) is 8.43. The molecule has 1 heterocycles. The highest BCUT2D eigenvalue weighted by molar-refractivity contribution is 5.69. The second-order valence-electron chi connectivity index (χ2n) is 12.7. The predicted octanol–water partition coefficient (Wildman–Crippen LogP) is 6.52. The zero-order valence-corrected chi connectivity index (χ0v) is 28.6. The van der Waals surface area contributed by atoms with Crippen molar-refractivity contribution < 1.29 is 44.2 Å². The van der Waals surface area contributed by atoms with Gasteiger partial charge in [-0.2, -0.15) is 0 Å². The Hall–Kier alpha value is -1.07. The minimum atomic E-state index is -1.53. The van der Waals surface area contributed by atoms with Crippen molar-refractivity contribution in [3.63, 3.8) is 0 Å². The van der Waals surface area contributed by atoms with E-state index >= 15 is 0 Å². The lowest BCUT2D eigenvalue weighted by molar-refractivity contribution is -0.305. The number of ether oxygens (including phenoxy) is 4. The van der Waals surface area contributed by atoms with Gasteiger partial charge in [-0.25, -0.2) is 0 Å². The molecule has 0 amide bonds. The molecule has 1 saturated heterocycles. The monoisotopic (exact) mass is 644 g/mol. The fourth-order valence-corrected chi connectivity index (χ4v) is 5.48. The molecular formula is C36H68O9. The van der Waals surface area contributed by atoms with Crippen LogP contribution >= 0.6 is 0 Å². The van der Waals surface area contributed by atoms with Crippen LogP contribution in [0.4, 0.5) is 0 Å². The molecule has 266 valence electrons. The molecule has 1 aliphatic rings. The van der Waals surface area contributed by atoms with Gasteiger partial charge < -0.3 is 39.4 Å². The second kappa shape index (κ2) is 29.1. The number of carbonyl (C=O) groups excluding carboxylic acids is 1. The molecule has 0 radical (unpaired) electrons. The molecule has 45 heavy (non-hydrogen) atoms. The summed E-state index contributed by atoms with van der Waals surface area (Å²) in [5.74, 6) is -0.324. The van der Waals surface area contributed by atoms with Gasteiger partial charge >= 0.3 is 5.97 Å². The van der Waals surface area contributed by atoms with Gasteiger partial charge in [-0.1, -0.05) is 116 Å². The summed E-state index contributed by atoms with van der Waals surface area (Å²) in [6.07, 6.45) is 20.9. The molecule has 6 unspecified atom stereocenters. The minimum absolute atomic E-state index is 0.113. The molecule has 0 aromatic rings. The Balaban J connectivity index is 2.35. The van der Waals surface area contributed by atoms with Crippen LogP contribution in [0, 0.1) is 0 Å². The largest absolute Gasteiger partial charge is 0.457 e. The maximum absolute atomic E-state index is 12.6. The molecule has 6 atom stereocenters. The minimum Gasteiger partial charge on any atom is -0.457 e. The Morgan fingerprint density at radius 1 is 0.689 bits per heavy atom. The molecular weight excluding hydrogens is 576 g/mol. The van der Waals surface area contributed by atoms with Gasteiger partial charge in [0, 0.05) is 13.0 Å². The van der Waals surface area contributed by atoms with Crippen LogP contribution in [0.3, 0.4) is 0 Å². The molecule has 4 N–H and O–H groups in total. The summed E-state index contributed by atoms with van der Waals surface area (Å²) in [5.41, 5.74) is 0. The van der Waals surface area contributed by atoms with Crippen molar-refractivity contribution in [1.82, 2.24) is 0 Å². The number of hydrogen-bond donors (Lipinski definition) is 4. The summed E-state index contributed by atoms with van der Waals surface area (Å²) in [7, 11) is 0. The van der Waals surface area contributed by atoms with Gasteiger partial charge in [0.15, 0.2) is 6.29 Å². The van der Waals surface area contributed by atoms with E-state index in [1.54, 1.807) is 0 Å². The third kappa shape index (κ3) is 21.4. The fraction of sp³-hybridized carbons (Fsp3) is 0.917. The second-order valence-corrected chi connectivity index (χ2v) is 12.7. The van der Waals surface area contributed by atoms with Crippen LogP contribution < -0.4 is 0 Å². The summed E-state index contributed by atoms with van der Waals surface area (Å²) in [4.78, 5) is 12.6. The molecule has 9 heteroatoms. The molecule has 0 bridgehead atoms. The normalized spacial score (nSPS) is 22.7. The number of rotatable bonds is 30. The number of unbranched alkanes of at least 4 members (excludes halogenated alkanes) is 17. The Kier molecular flexibility index (Phi) is 27.1. The Morgan fingerprint density at radius 2 is 1.22 bits per heavy atom. The molecule has 1 fully saturated rings. The van der Waals surface area contributed by atoms with E-state index in [0.717, 1.165) is 44.9 Å². The van der Waals surface area contributed by atoms with E-state index in [1.165, 1.54) is 83.5 Å². The number of esters is 1. The quantitative estimate of drug-likeness (QED) is 0.0392. The van der Waals surface area contributed by atoms with Gasteiger partial charge in [0.2, 0.25) is 0 Å². The molecule has 0 spiro atoms. The highest BCUT2D eigenvalue weighted by atomic mass is 16.7. The van der Waals surface area contributed by atoms with Crippen molar-refractivity contribution in [3.05, 3.63) is 12.2 Å². The molecule has 9 nitrogen and oxygen atoms in total. The van der Waals surface area contributed by atoms with Crippen LogP contribution in [-0.4, -0.2) is 89.6 Å². The number of carbonyl (C=O) groups is 1. The zero-order chi connectivity index (χ0) is 33.0. The lowest BCUT2D eigenvalue weighted by atomic mass is 9.99. The third-order valence-corrected chi connectivity index (χ3v) is 8.43. The first kappa shape index (κ1) is 42.0. The number of aliphatic hydroxyl groups is 4. The summed E-state index contributed by atoms with van der Waals surface area (Å²) in [5, 5.41) is 39.8. The molecule has 1 aliphatic heterocycles. The van der Waals surface area contributed by atoms with Gasteiger partial charge in [0.1, 0.15) is 30.5 Å². The van der Waals surface area contributed by atoms with E-state index in [-0.39, 0.29) is 19.2 Å². The highest BCUT2D eigenvalue weighted by Gasteiger charge is 2.44. The van der Waals surface area contributed by atoms with Crippen molar-refractivity contribution >= 4 is 5.97 Å². The summed E-state index contributed by atoms with van der Waals surface area (Å²) >= 11 is 0. The topological polar surface area (TPSA) is 135 Å². The number of hydrogen-bond acceptors (Lipinski definition) is 9. The maximum Gasteiger partial charge on any atom is 0.306 e. The average Bonchev–Trinajstić information content (AvgIpc) is 3.04. The van der Waals surface area contributed by atoms with Gasteiger partial charge in [-0.3, -0.25) is 4.79 Å². The first-order valence-electron chi connectivity index (χ1n) is 18.3. The van der Waals surface area contributed by atoms with Crippen molar-refractivity contribution in [3.8, 4) is 0 Å². The molecule has 0 aliphatic carbocycles. The fourth-order valence-electron chi connectivity index (χ4n) is 5.48. The number of allylic oxidation sites excluding steroid dienone is 2. The van der Waals surface area contributed by atoms with E-state index < -0.39 is 43.4 Å². The summed E-state index contributed by atoms with van der Waals surface area (Å²) in [6, 6.07) is 0. The van der Waals surface area contributed by atoms with Gasteiger partial charge in [0.05, 0.1) is 19.8 Å². The Morgan fingerprint density at radius 3 is 1.82 bits per heavy atom. The van der Waals surface area contributed by atoms with Gasteiger partial charge in [-0.15, -0.1) is 0 Å². The lowest BCUT2D eigenvalue weighted by Gasteiger charge is -2.39. The van der Waals surface area contributed by atoms with Crippen molar-refractivity contribution in [2.75, 3.05) is 26.4 Å². The Labute approximate surface area is 274 Å². The Bertz CT molecular complexity index is 702. The van der Waals surface area contributed by atoms with E-state index in [2.05, 4.69) is 26.0 Å². The lowest BCUT2D eigenvalue weighted by Crippen LogP contribution is -2.59. The van der Waals surface area contributed by atoms with Crippen LogP contribution in [-0.2, 0) is 23.7 Å². The molecule has 0 aromatic heterocycles. The van der Waals surface area contributed by atoms with Crippen LogP contribution in [0.1, 0.15) is 149 Å². The number of aliphatic hydroxyl groups excluding tert-OH is 4. The smallest absolute Gasteiger partial charge is 0.306 e. The van der Waals surface area contributed by atoms with Crippen LogP contribution in [0.2, 0.25) is 0 Å². The van der Waals surface area contributed by atoms with Gasteiger partial charge in [-0.05, 0) is 38.5 Å². The molecule has 1 rings (SSSR count). The first-order valence-corrected chi connectivity index (χ1v) is 18.3.